The summed E-state index contributed by atoms with van der Waals surface area (Å²) in [6, 6.07) is 89.8. The Morgan fingerprint density at radius 2 is 0.559 bits per heavy atom. The first kappa shape index (κ1) is 35.7. The van der Waals surface area contributed by atoms with Gasteiger partial charge in [0, 0.05) is 17.1 Å². The van der Waals surface area contributed by atoms with Gasteiger partial charge in [0.25, 0.3) is 0 Å². The van der Waals surface area contributed by atoms with E-state index in [0.717, 1.165) is 17.1 Å². The van der Waals surface area contributed by atoms with Crippen molar-refractivity contribution in [3.8, 4) is 66.8 Å². The van der Waals surface area contributed by atoms with Crippen LogP contribution in [0.5, 0.6) is 0 Å². The fourth-order valence-corrected chi connectivity index (χ4v) is 8.26. The second-order valence-corrected chi connectivity index (χ2v) is 14.9. The van der Waals surface area contributed by atoms with Crippen LogP contribution in [0.15, 0.2) is 249 Å². The van der Waals surface area contributed by atoms with E-state index >= 15 is 0 Å². The lowest BCUT2D eigenvalue weighted by Crippen LogP contribution is -2.09. The summed E-state index contributed by atoms with van der Waals surface area (Å²) >= 11 is 0. The van der Waals surface area contributed by atoms with Crippen molar-refractivity contribution in [1.82, 2.24) is 0 Å². The van der Waals surface area contributed by atoms with Gasteiger partial charge in [0.05, 0.1) is 0 Å². The van der Waals surface area contributed by atoms with Crippen LogP contribution in [-0.2, 0) is 0 Å². The maximum absolute atomic E-state index is 2.37. The van der Waals surface area contributed by atoms with E-state index in [2.05, 4.69) is 254 Å². The van der Waals surface area contributed by atoms with Crippen molar-refractivity contribution in [1.29, 1.82) is 0 Å². The highest BCUT2D eigenvalue weighted by molar-refractivity contribution is 5.98. The van der Waals surface area contributed by atoms with Gasteiger partial charge in [-0.1, -0.05) is 206 Å². The molecule has 0 fully saturated rings. The standard InChI is InChI=1S/C58H41N/c1-4-13-42(14-5-1)44-23-25-45(26-24-44)47-29-36-53(37-30-47)59(52-34-27-46(28-35-52)43-15-6-2-7-16-43)54-38-31-50(32-39-54)58-41-51(33-40-57(58)48-17-8-3-9-18-48)56-22-12-20-49-19-10-11-21-55(49)56/h1-41H. The normalized spacial score (nSPS) is 11.1. The molecule has 0 aliphatic rings. The lowest BCUT2D eigenvalue weighted by Gasteiger charge is -2.26. The maximum atomic E-state index is 2.37. The Hall–Kier alpha value is -7.74. The topological polar surface area (TPSA) is 3.24 Å². The zero-order valence-electron chi connectivity index (χ0n) is 32.6. The van der Waals surface area contributed by atoms with Gasteiger partial charge in [0.1, 0.15) is 0 Å². The Balaban J connectivity index is 1.03. The molecule has 0 unspecified atom stereocenters. The van der Waals surface area contributed by atoms with Crippen molar-refractivity contribution in [2.24, 2.45) is 0 Å². The molecule has 10 rings (SSSR count). The Kier molecular flexibility index (Phi) is 9.68. The molecule has 0 radical (unpaired) electrons. The zero-order chi connectivity index (χ0) is 39.4. The Morgan fingerprint density at radius 1 is 0.203 bits per heavy atom. The first-order chi connectivity index (χ1) is 29.2. The van der Waals surface area contributed by atoms with Crippen molar-refractivity contribution in [3.63, 3.8) is 0 Å². The predicted molar refractivity (Wildman–Crippen MR) is 251 cm³/mol. The molecule has 0 saturated heterocycles. The third-order valence-electron chi connectivity index (χ3n) is 11.3. The average Bonchev–Trinajstić information content (AvgIpc) is 3.33. The fourth-order valence-electron chi connectivity index (χ4n) is 8.26. The van der Waals surface area contributed by atoms with Gasteiger partial charge in [-0.3, -0.25) is 0 Å². The largest absolute Gasteiger partial charge is 0.311 e. The Morgan fingerprint density at radius 3 is 1.07 bits per heavy atom. The highest BCUT2D eigenvalue weighted by Gasteiger charge is 2.16. The number of rotatable bonds is 9. The number of hydrogen-bond acceptors (Lipinski definition) is 1. The monoisotopic (exact) mass is 751 g/mol. The summed E-state index contributed by atoms with van der Waals surface area (Å²) in [6.07, 6.45) is 0. The van der Waals surface area contributed by atoms with Crippen LogP contribution in [0.1, 0.15) is 0 Å². The molecule has 1 nitrogen and oxygen atoms in total. The van der Waals surface area contributed by atoms with Crippen LogP contribution in [-0.4, -0.2) is 0 Å². The summed E-state index contributed by atoms with van der Waals surface area (Å²) in [6.45, 7) is 0. The minimum absolute atomic E-state index is 1.09. The first-order valence-electron chi connectivity index (χ1n) is 20.2. The number of nitrogens with zero attached hydrogens (tertiary/aromatic N) is 1. The minimum atomic E-state index is 1.09. The highest BCUT2D eigenvalue weighted by Crippen LogP contribution is 2.41. The summed E-state index contributed by atoms with van der Waals surface area (Å²) < 4.78 is 0. The second-order valence-electron chi connectivity index (χ2n) is 14.9. The maximum Gasteiger partial charge on any atom is 0.0462 e. The van der Waals surface area contributed by atoms with E-state index in [9.17, 15) is 0 Å². The fraction of sp³-hybridized carbons (Fsp3) is 0. The van der Waals surface area contributed by atoms with Gasteiger partial charge in [-0.25, -0.2) is 0 Å². The molecule has 10 aromatic rings. The molecule has 59 heavy (non-hydrogen) atoms. The van der Waals surface area contributed by atoms with E-state index in [0.29, 0.717) is 0 Å². The van der Waals surface area contributed by atoms with Crippen molar-refractivity contribution >= 4 is 27.8 Å². The second kappa shape index (κ2) is 16.0. The van der Waals surface area contributed by atoms with Crippen LogP contribution >= 0.6 is 0 Å². The summed E-state index contributed by atoms with van der Waals surface area (Å²) in [4.78, 5) is 2.35. The van der Waals surface area contributed by atoms with E-state index in [1.165, 1.54) is 77.5 Å². The molecule has 0 N–H and O–H groups in total. The van der Waals surface area contributed by atoms with Gasteiger partial charge in [-0.05, 0) is 120 Å². The average molecular weight is 752 g/mol. The molecule has 0 aliphatic carbocycles. The SMILES string of the molecule is c1ccc(-c2ccc(-c3ccc(N(c4ccc(-c5ccccc5)cc4)c4ccc(-c5cc(-c6cccc7ccccc67)ccc5-c5ccccc5)cc4)cc3)cc2)cc1. The third kappa shape index (κ3) is 7.34. The molecule has 0 heterocycles. The van der Waals surface area contributed by atoms with E-state index in [1.54, 1.807) is 0 Å². The molecule has 278 valence electrons. The molecular weight excluding hydrogens is 711 g/mol. The van der Waals surface area contributed by atoms with Gasteiger partial charge in [0.2, 0.25) is 0 Å². The molecule has 0 atom stereocenters. The van der Waals surface area contributed by atoms with Crippen LogP contribution in [0.4, 0.5) is 17.1 Å². The molecule has 0 spiro atoms. The number of anilines is 3. The first-order valence-corrected chi connectivity index (χ1v) is 20.2. The van der Waals surface area contributed by atoms with Gasteiger partial charge >= 0.3 is 0 Å². The van der Waals surface area contributed by atoms with Crippen molar-refractivity contribution < 1.29 is 0 Å². The summed E-state index contributed by atoms with van der Waals surface area (Å²) in [5.74, 6) is 0. The van der Waals surface area contributed by atoms with Crippen LogP contribution in [0, 0.1) is 0 Å². The number of fused-ring (bicyclic) bond motifs is 1. The van der Waals surface area contributed by atoms with Crippen molar-refractivity contribution in [2.75, 3.05) is 4.90 Å². The molecule has 0 aromatic heterocycles. The summed E-state index contributed by atoms with van der Waals surface area (Å²) in [5, 5.41) is 2.50. The zero-order valence-corrected chi connectivity index (χ0v) is 32.6. The van der Waals surface area contributed by atoms with E-state index < -0.39 is 0 Å². The molecule has 0 bridgehead atoms. The van der Waals surface area contributed by atoms with Crippen molar-refractivity contribution in [2.45, 2.75) is 0 Å². The Labute approximate surface area is 346 Å². The van der Waals surface area contributed by atoms with Gasteiger partial charge < -0.3 is 4.90 Å². The van der Waals surface area contributed by atoms with Crippen LogP contribution in [0.2, 0.25) is 0 Å². The Bertz CT molecular complexity index is 2970. The van der Waals surface area contributed by atoms with E-state index in [1.807, 2.05) is 0 Å². The highest BCUT2D eigenvalue weighted by atomic mass is 15.1. The van der Waals surface area contributed by atoms with Gasteiger partial charge in [-0.15, -0.1) is 0 Å². The van der Waals surface area contributed by atoms with Crippen LogP contribution < -0.4 is 4.90 Å². The summed E-state index contributed by atoms with van der Waals surface area (Å²) in [7, 11) is 0. The van der Waals surface area contributed by atoms with E-state index in [-0.39, 0.29) is 0 Å². The van der Waals surface area contributed by atoms with E-state index in [4.69, 9.17) is 0 Å². The van der Waals surface area contributed by atoms with Gasteiger partial charge in [-0.2, -0.15) is 0 Å². The predicted octanol–water partition coefficient (Wildman–Crippen LogP) is 16.3. The minimum Gasteiger partial charge on any atom is -0.311 e. The molecular formula is C58H41N. The molecule has 10 aromatic carbocycles. The quantitative estimate of drug-likeness (QED) is 0.142. The number of hydrogen-bond donors (Lipinski definition) is 0. The molecule has 0 aliphatic heterocycles. The van der Waals surface area contributed by atoms with Gasteiger partial charge in [0.15, 0.2) is 0 Å². The lowest BCUT2D eigenvalue weighted by molar-refractivity contribution is 1.28. The molecule has 0 amide bonds. The van der Waals surface area contributed by atoms with Crippen molar-refractivity contribution in [3.05, 3.63) is 249 Å². The third-order valence-corrected chi connectivity index (χ3v) is 11.3. The smallest absolute Gasteiger partial charge is 0.0462 e. The lowest BCUT2D eigenvalue weighted by atomic mass is 9.89. The summed E-state index contributed by atoms with van der Waals surface area (Å²) in [5.41, 5.74) is 17.7. The van der Waals surface area contributed by atoms with Crippen LogP contribution in [0.25, 0.3) is 77.5 Å². The molecule has 0 saturated carbocycles. The molecule has 1 heteroatoms. The number of benzene rings is 10. The van der Waals surface area contributed by atoms with Crippen LogP contribution in [0.3, 0.4) is 0 Å².